The maximum Gasteiger partial charge on any atom is 0.233 e. The molecule has 1 amide bonds. The summed E-state index contributed by atoms with van der Waals surface area (Å²) in [5.41, 5.74) is 0.919. The summed E-state index contributed by atoms with van der Waals surface area (Å²) in [4.78, 5) is 14.5. The summed E-state index contributed by atoms with van der Waals surface area (Å²) >= 11 is 7.38. The van der Waals surface area contributed by atoms with Gasteiger partial charge in [-0.2, -0.15) is 0 Å². The van der Waals surface area contributed by atoms with E-state index >= 15 is 0 Å². The van der Waals surface area contributed by atoms with Crippen LogP contribution in [0.4, 0.5) is 0 Å². The maximum atomic E-state index is 12.7. The Kier molecular flexibility index (Phi) is 7.34. The maximum absolute atomic E-state index is 12.7. The first-order valence-corrected chi connectivity index (χ1v) is 10.6. The summed E-state index contributed by atoms with van der Waals surface area (Å²) in [6.45, 7) is 6.35. The molecule has 2 heterocycles. The van der Waals surface area contributed by atoms with Crippen LogP contribution in [0.25, 0.3) is 11.4 Å². The van der Waals surface area contributed by atoms with Gasteiger partial charge in [0.05, 0.1) is 31.1 Å². The number of amides is 1. The average molecular weight is 425 g/mol. The van der Waals surface area contributed by atoms with E-state index in [0.29, 0.717) is 42.2 Å². The van der Waals surface area contributed by atoms with Gasteiger partial charge in [-0.3, -0.25) is 9.36 Å². The highest BCUT2D eigenvalue weighted by atomic mass is 35.5. The second kappa shape index (κ2) is 9.73. The summed E-state index contributed by atoms with van der Waals surface area (Å²) in [5.74, 6) is 1.13. The molecule has 3 rings (SSSR count). The Morgan fingerprint density at radius 3 is 2.57 bits per heavy atom. The number of nitrogens with zero attached hydrogens (tertiary/aromatic N) is 4. The largest absolute Gasteiger partial charge is 0.383 e. The van der Waals surface area contributed by atoms with Crippen molar-refractivity contribution in [3.05, 3.63) is 29.3 Å². The van der Waals surface area contributed by atoms with Gasteiger partial charge in [0.1, 0.15) is 0 Å². The van der Waals surface area contributed by atoms with Gasteiger partial charge in [-0.05, 0) is 38.1 Å². The van der Waals surface area contributed by atoms with E-state index in [1.54, 1.807) is 7.11 Å². The Balaban J connectivity index is 1.72. The van der Waals surface area contributed by atoms with Gasteiger partial charge in [-0.25, -0.2) is 0 Å². The number of carbonyl (C=O) groups excluding carboxylic acids is 1. The molecule has 0 spiro atoms. The molecule has 1 saturated heterocycles. The second-order valence-electron chi connectivity index (χ2n) is 6.80. The third-order valence-corrected chi connectivity index (χ3v) is 5.64. The molecule has 1 aromatic heterocycles. The van der Waals surface area contributed by atoms with E-state index in [1.165, 1.54) is 11.8 Å². The van der Waals surface area contributed by atoms with Gasteiger partial charge in [0.15, 0.2) is 11.0 Å². The number of rotatable bonds is 7. The minimum atomic E-state index is 0.0552. The van der Waals surface area contributed by atoms with Gasteiger partial charge in [0.2, 0.25) is 5.91 Å². The number of carbonyl (C=O) groups is 1. The smallest absolute Gasteiger partial charge is 0.233 e. The zero-order valence-electron chi connectivity index (χ0n) is 16.3. The first kappa shape index (κ1) is 21.1. The molecular formula is C19H25ClN4O3S. The molecule has 0 bridgehead atoms. The lowest BCUT2D eigenvalue weighted by molar-refractivity contribution is -0.140. The van der Waals surface area contributed by atoms with Gasteiger partial charge in [0, 0.05) is 30.8 Å². The Hall–Kier alpha value is -1.61. The number of benzene rings is 1. The van der Waals surface area contributed by atoms with E-state index in [9.17, 15) is 4.79 Å². The summed E-state index contributed by atoms with van der Waals surface area (Å²) < 4.78 is 12.9. The predicted molar refractivity (Wildman–Crippen MR) is 110 cm³/mol. The zero-order chi connectivity index (χ0) is 20.1. The van der Waals surface area contributed by atoms with Crippen molar-refractivity contribution in [3.63, 3.8) is 0 Å². The number of thioether (sulfide) groups is 1. The van der Waals surface area contributed by atoms with Crippen LogP contribution in [-0.4, -0.2) is 70.3 Å². The zero-order valence-corrected chi connectivity index (χ0v) is 17.9. The normalized spacial score (nSPS) is 19.8. The molecule has 0 N–H and O–H groups in total. The molecule has 7 nitrogen and oxygen atoms in total. The van der Waals surface area contributed by atoms with E-state index in [2.05, 4.69) is 10.2 Å². The topological polar surface area (TPSA) is 69.5 Å². The lowest BCUT2D eigenvalue weighted by Crippen LogP contribution is -2.48. The van der Waals surface area contributed by atoms with Crippen molar-refractivity contribution in [1.29, 1.82) is 0 Å². The van der Waals surface area contributed by atoms with Crippen LogP contribution in [0, 0.1) is 0 Å². The fraction of sp³-hybridized carbons (Fsp3) is 0.526. The Labute approximate surface area is 174 Å². The predicted octanol–water partition coefficient (Wildman–Crippen LogP) is 2.97. The van der Waals surface area contributed by atoms with Crippen LogP contribution in [0.3, 0.4) is 0 Å². The van der Waals surface area contributed by atoms with E-state index in [1.807, 2.05) is 47.6 Å². The van der Waals surface area contributed by atoms with Crippen molar-refractivity contribution >= 4 is 29.3 Å². The Morgan fingerprint density at radius 2 is 1.93 bits per heavy atom. The molecule has 152 valence electrons. The van der Waals surface area contributed by atoms with Crippen molar-refractivity contribution in [2.75, 3.05) is 32.6 Å². The third-order valence-electron chi connectivity index (χ3n) is 4.44. The monoisotopic (exact) mass is 424 g/mol. The number of methoxy groups -OCH3 is 1. The van der Waals surface area contributed by atoms with Crippen LogP contribution in [0.2, 0.25) is 5.02 Å². The van der Waals surface area contributed by atoms with Gasteiger partial charge in [-0.15, -0.1) is 10.2 Å². The molecule has 0 saturated carbocycles. The number of halogens is 1. The van der Waals surface area contributed by atoms with E-state index in [-0.39, 0.29) is 18.1 Å². The van der Waals surface area contributed by atoms with Crippen LogP contribution >= 0.6 is 23.4 Å². The van der Waals surface area contributed by atoms with Crippen molar-refractivity contribution in [1.82, 2.24) is 19.7 Å². The number of ether oxygens (including phenoxy) is 2. The summed E-state index contributed by atoms with van der Waals surface area (Å²) in [7, 11) is 1.66. The van der Waals surface area contributed by atoms with Crippen molar-refractivity contribution in [3.8, 4) is 11.4 Å². The molecule has 0 radical (unpaired) electrons. The SMILES string of the molecule is COCCn1c(SCC(=O)N2C[C@@H](C)O[C@@H](C)C2)nnc1-c1ccc(Cl)cc1. The summed E-state index contributed by atoms with van der Waals surface area (Å²) in [5, 5.41) is 10.0. The molecule has 28 heavy (non-hydrogen) atoms. The molecule has 9 heteroatoms. The van der Waals surface area contributed by atoms with Crippen LogP contribution in [0.15, 0.2) is 29.4 Å². The molecule has 1 aromatic carbocycles. The lowest BCUT2D eigenvalue weighted by Gasteiger charge is -2.35. The number of morpholine rings is 1. The van der Waals surface area contributed by atoms with Crippen LogP contribution in [0.1, 0.15) is 13.8 Å². The number of hydrogen-bond donors (Lipinski definition) is 0. The highest BCUT2D eigenvalue weighted by Crippen LogP contribution is 2.25. The first-order valence-electron chi connectivity index (χ1n) is 9.22. The number of hydrogen-bond acceptors (Lipinski definition) is 6. The van der Waals surface area contributed by atoms with Gasteiger partial charge in [0.25, 0.3) is 0 Å². The van der Waals surface area contributed by atoms with Crippen molar-refractivity contribution in [2.24, 2.45) is 0 Å². The minimum absolute atomic E-state index is 0.0552. The van der Waals surface area contributed by atoms with Gasteiger partial charge in [-0.1, -0.05) is 23.4 Å². The van der Waals surface area contributed by atoms with Gasteiger partial charge >= 0.3 is 0 Å². The standard InChI is InChI=1S/C19H25ClN4O3S/c1-13-10-23(11-14(2)27-13)17(25)12-28-19-22-21-18(24(19)8-9-26-3)15-4-6-16(20)7-5-15/h4-7,13-14H,8-12H2,1-3H3/t13-,14+. The second-order valence-corrected chi connectivity index (χ2v) is 8.18. The molecule has 1 fully saturated rings. The fourth-order valence-electron chi connectivity index (χ4n) is 3.19. The Bertz CT molecular complexity index is 789. The van der Waals surface area contributed by atoms with Crippen molar-refractivity contribution < 1.29 is 14.3 Å². The molecule has 0 aliphatic carbocycles. The average Bonchev–Trinajstić information content (AvgIpc) is 3.07. The summed E-state index contributed by atoms with van der Waals surface area (Å²) in [6, 6.07) is 7.46. The Morgan fingerprint density at radius 1 is 1.25 bits per heavy atom. The van der Waals surface area contributed by atoms with Crippen LogP contribution in [0.5, 0.6) is 0 Å². The first-order chi connectivity index (χ1) is 13.5. The molecule has 0 unspecified atom stereocenters. The highest BCUT2D eigenvalue weighted by Gasteiger charge is 2.26. The van der Waals surface area contributed by atoms with Crippen molar-refractivity contribution in [2.45, 2.75) is 37.8 Å². The summed E-state index contributed by atoms with van der Waals surface area (Å²) in [6.07, 6.45) is 0.110. The van der Waals surface area contributed by atoms with E-state index in [4.69, 9.17) is 21.1 Å². The third kappa shape index (κ3) is 5.26. The molecular weight excluding hydrogens is 400 g/mol. The van der Waals surface area contributed by atoms with Gasteiger partial charge < -0.3 is 14.4 Å². The van der Waals surface area contributed by atoms with Crippen LogP contribution in [-0.2, 0) is 20.8 Å². The molecule has 2 aromatic rings. The molecule has 1 aliphatic heterocycles. The highest BCUT2D eigenvalue weighted by molar-refractivity contribution is 7.99. The number of aromatic nitrogens is 3. The van der Waals surface area contributed by atoms with E-state index < -0.39 is 0 Å². The lowest BCUT2D eigenvalue weighted by atomic mass is 10.2. The van der Waals surface area contributed by atoms with Crippen LogP contribution < -0.4 is 0 Å². The minimum Gasteiger partial charge on any atom is -0.383 e. The quantitative estimate of drug-likeness (QED) is 0.636. The molecule has 1 aliphatic rings. The fourth-order valence-corrected chi connectivity index (χ4v) is 4.18. The van der Waals surface area contributed by atoms with E-state index in [0.717, 1.165) is 11.4 Å². The molecule has 2 atom stereocenters.